The Kier molecular flexibility index (Phi) is 5.59. The predicted molar refractivity (Wildman–Crippen MR) is 87.7 cm³/mol. The van der Waals surface area contributed by atoms with Crippen molar-refractivity contribution in [1.82, 2.24) is 0 Å². The molecule has 0 radical (unpaired) electrons. The van der Waals surface area contributed by atoms with Crippen LogP contribution in [0.25, 0.3) is 0 Å². The highest BCUT2D eigenvalue weighted by molar-refractivity contribution is 6.33. The predicted octanol–water partition coefficient (Wildman–Crippen LogP) is 2.87. The van der Waals surface area contributed by atoms with Crippen LogP contribution in [0.1, 0.15) is 10.4 Å². The molecule has 0 saturated heterocycles. The molecule has 0 aliphatic carbocycles. The molecule has 6 nitrogen and oxygen atoms in total. The Bertz CT molecular complexity index is 783. The van der Waals surface area contributed by atoms with Crippen molar-refractivity contribution in [3.8, 4) is 5.75 Å². The molecule has 1 amide bonds. The molecule has 0 aliphatic heterocycles. The number of ether oxygens (including phenoxy) is 2. The molecule has 2 aromatic rings. The van der Waals surface area contributed by atoms with E-state index in [1.54, 1.807) is 6.07 Å². The number of halogens is 2. The van der Waals surface area contributed by atoms with Gasteiger partial charge in [-0.2, -0.15) is 0 Å². The standard InChI is InChI=1S/C16H14ClFN2O4/c1-23-14-7-12(19)10(17)6-9(14)16(22)24-8-15(21)20-13-5-3-2-4-11(13)18/h2-7H,8,19H2,1H3,(H,20,21). The van der Waals surface area contributed by atoms with Crippen LogP contribution in [0.4, 0.5) is 15.8 Å². The summed E-state index contributed by atoms with van der Waals surface area (Å²) in [5, 5.41) is 2.45. The third kappa shape index (κ3) is 4.14. The van der Waals surface area contributed by atoms with Crippen molar-refractivity contribution < 1.29 is 23.5 Å². The maximum Gasteiger partial charge on any atom is 0.342 e. The van der Waals surface area contributed by atoms with E-state index in [0.29, 0.717) is 0 Å². The molecule has 0 fully saturated rings. The monoisotopic (exact) mass is 352 g/mol. The highest BCUT2D eigenvalue weighted by Gasteiger charge is 2.18. The number of para-hydroxylation sites is 1. The minimum Gasteiger partial charge on any atom is -0.496 e. The number of amides is 1. The van der Waals surface area contributed by atoms with Crippen molar-refractivity contribution in [2.75, 3.05) is 24.8 Å². The van der Waals surface area contributed by atoms with E-state index >= 15 is 0 Å². The number of hydrogen-bond acceptors (Lipinski definition) is 5. The van der Waals surface area contributed by atoms with Crippen LogP contribution >= 0.6 is 11.6 Å². The summed E-state index contributed by atoms with van der Waals surface area (Å²) >= 11 is 5.87. The summed E-state index contributed by atoms with van der Waals surface area (Å²) in [5.41, 5.74) is 5.88. The molecule has 0 aromatic heterocycles. The summed E-state index contributed by atoms with van der Waals surface area (Å²) < 4.78 is 23.3. The Morgan fingerprint density at radius 3 is 2.67 bits per heavy atom. The van der Waals surface area contributed by atoms with Gasteiger partial charge in [0, 0.05) is 6.07 Å². The Hall–Kier alpha value is -2.80. The lowest BCUT2D eigenvalue weighted by Crippen LogP contribution is -2.21. The van der Waals surface area contributed by atoms with Gasteiger partial charge in [-0.3, -0.25) is 4.79 Å². The number of nitrogens with two attached hydrogens (primary N) is 1. The van der Waals surface area contributed by atoms with Gasteiger partial charge in [0.1, 0.15) is 17.1 Å². The van der Waals surface area contributed by atoms with Crippen molar-refractivity contribution in [3.63, 3.8) is 0 Å². The normalized spacial score (nSPS) is 10.1. The third-order valence-corrected chi connectivity index (χ3v) is 3.35. The van der Waals surface area contributed by atoms with E-state index in [9.17, 15) is 14.0 Å². The Balaban J connectivity index is 2.02. The first-order valence-electron chi connectivity index (χ1n) is 6.77. The van der Waals surface area contributed by atoms with Crippen LogP contribution in [0.3, 0.4) is 0 Å². The average molecular weight is 353 g/mol. The lowest BCUT2D eigenvalue weighted by atomic mass is 10.2. The first kappa shape index (κ1) is 17.6. The topological polar surface area (TPSA) is 90.7 Å². The number of esters is 1. The summed E-state index contributed by atoms with van der Waals surface area (Å²) in [6, 6.07) is 8.29. The lowest BCUT2D eigenvalue weighted by molar-refractivity contribution is -0.119. The second-order valence-corrected chi connectivity index (χ2v) is 5.09. The number of rotatable bonds is 5. The van der Waals surface area contributed by atoms with E-state index in [-0.39, 0.29) is 27.7 Å². The fourth-order valence-electron chi connectivity index (χ4n) is 1.86. The molecule has 0 heterocycles. The Labute approximate surface area is 142 Å². The first-order valence-corrected chi connectivity index (χ1v) is 7.14. The minimum absolute atomic E-state index is 0.00772. The van der Waals surface area contributed by atoms with Gasteiger partial charge in [0.15, 0.2) is 6.61 Å². The number of hydrogen-bond donors (Lipinski definition) is 2. The zero-order chi connectivity index (χ0) is 17.7. The van der Waals surface area contributed by atoms with E-state index in [0.717, 1.165) is 0 Å². The second kappa shape index (κ2) is 7.65. The number of anilines is 2. The number of carbonyl (C=O) groups is 2. The van der Waals surface area contributed by atoms with Crippen molar-refractivity contribution in [2.24, 2.45) is 0 Å². The maximum atomic E-state index is 13.4. The molecule has 2 rings (SSSR count). The number of carbonyl (C=O) groups excluding carboxylic acids is 2. The van der Waals surface area contributed by atoms with Crippen LogP contribution in [0.15, 0.2) is 36.4 Å². The maximum absolute atomic E-state index is 13.4. The largest absolute Gasteiger partial charge is 0.496 e. The molecule has 0 aliphatic rings. The van der Waals surface area contributed by atoms with Crippen molar-refractivity contribution in [2.45, 2.75) is 0 Å². The number of nitrogen functional groups attached to an aromatic ring is 1. The van der Waals surface area contributed by atoms with Gasteiger partial charge in [-0.25, -0.2) is 9.18 Å². The molecule has 0 spiro atoms. The molecular formula is C16H14ClFN2O4. The van der Waals surface area contributed by atoms with Gasteiger partial charge < -0.3 is 20.5 Å². The number of benzene rings is 2. The SMILES string of the molecule is COc1cc(N)c(Cl)cc1C(=O)OCC(=O)Nc1ccccc1F. The number of nitrogens with one attached hydrogen (secondary N) is 1. The highest BCUT2D eigenvalue weighted by Crippen LogP contribution is 2.29. The molecular weight excluding hydrogens is 339 g/mol. The van der Waals surface area contributed by atoms with Crippen LogP contribution in [0.2, 0.25) is 5.02 Å². The van der Waals surface area contributed by atoms with E-state index in [1.807, 2.05) is 0 Å². The van der Waals surface area contributed by atoms with Crippen molar-refractivity contribution >= 4 is 34.9 Å². The average Bonchev–Trinajstić information content (AvgIpc) is 2.56. The van der Waals surface area contributed by atoms with E-state index < -0.39 is 24.3 Å². The molecule has 2 aromatic carbocycles. The quantitative estimate of drug-likeness (QED) is 0.638. The van der Waals surface area contributed by atoms with Gasteiger partial charge in [-0.1, -0.05) is 23.7 Å². The molecule has 8 heteroatoms. The van der Waals surface area contributed by atoms with Gasteiger partial charge >= 0.3 is 5.97 Å². The molecule has 0 saturated carbocycles. The van der Waals surface area contributed by atoms with E-state index in [2.05, 4.69) is 5.32 Å². The molecule has 0 bridgehead atoms. The Morgan fingerprint density at radius 1 is 1.29 bits per heavy atom. The molecule has 24 heavy (non-hydrogen) atoms. The molecule has 0 atom stereocenters. The smallest absolute Gasteiger partial charge is 0.342 e. The summed E-state index contributed by atoms with van der Waals surface area (Å²) in [7, 11) is 1.35. The van der Waals surface area contributed by atoms with Crippen molar-refractivity contribution in [1.29, 1.82) is 0 Å². The highest BCUT2D eigenvalue weighted by atomic mass is 35.5. The lowest BCUT2D eigenvalue weighted by Gasteiger charge is -2.11. The van der Waals surface area contributed by atoms with Crippen LogP contribution < -0.4 is 15.8 Å². The fraction of sp³-hybridized carbons (Fsp3) is 0.125. The zero-order valence-corrected chi connectivity index (χ0v) is 13.4. The van der Waals surface area contributed by atoms with Crippen molar-refractivity contribution in [3.05, 3.63) is 52.8 Å². The molecule has 0 unspecified atom stereocenters. The summed E-state index contributed by atoms with van der Waals surface area (Å²) in [6.07, 6.45) is 0. The van der Waals surface area contributed by atoms with Gasteiger partial charge in [0.05, 0.1) is 23.5 Å². The summed E-state index contributed by atoms with van der Waals surface area (Å²) in [5.74, 6) is -1.94. The van der Waals surface area contributed by atoms with E-state index in [1.165, 1.54) is 37.4 Å². The van der Waals surface area contributed by atoms with Crippen LogP contribution in [0.5, 0.6) is 5.75 Å². The van der Waals surface area contributed by atoms with Crippen LogP contribution in [0, 0.1) is 5.82 Å². The van der Waals surface area contributed by atoms with Gasteiger partial charge in [0.2, 0.25) is 0 Å². The fourth-order valence-corrected chi connectivity index (χ4v) is 2.02. The van der Waals surface area contributed by atoms with Gasteiger partial charge in [0.25, 0.3) is 5.91 Å². The van der Waals surface area contributed by atoms with Crippen LogP contribution in [-0.2, 0) is 9.53 Å². The Morgan fingerprint density at radius 2 is 2.00 bits per heavy atom. The first-order chi connectivity index (χ1) is 11.4. The molecule has 3 N–H and O–H groups in total. The second-order valence-electron chi connectivity index (χ2n) is 4.68. The van der Waals surface area contributed by atoms with Gasteiger partial charge in [-0.05, 0) is 18.2 Å². The number of methoxy groups -OCH3 is 1. The van der Waals surface area contributed by atoms with Crippen LogP contribution in [-0.4, -0.2) is 25.6 Å². The van der Waals surface area contributed by atoms with E-state index in [4.69, 9.17) is 26.8 Å². The summed E-state index contributed by atoms with van der Waals surface area (Å²) in [6.45, 7) is -0.599. The zero-order valence-electron chi connectivity index (χ0n) is 12.6. The molecule has 126 valence electrons. The third-order valence-electron chi connectivity index (χ3n) is 3.02. The van der Waals surface area contributed by atoms with Gasteiger partial charge in [-0.15, -0.1) is 0 Å². The summed E-state index contributed by atoms with van der Waals surface area (Å²) in [4.78, 5) is 23.8. The minimum atomic E-state index is -0.822.